The molecule has 0 aliphatic heterocycles. The number of ether oxygens (including phenoxy) is 1. The quantitative estimate of drug-likeness (QED) is 0.297. The summed E-state index contributed by atoms with van der Waals surface area (Å²) in [5, 5.41) is 13.5. The smallest absolute Gasteiger partial charge is 0.339 e. The van der Waals surface area contributed by atoms with Crippen LogP contribution < -0.4 is 0 Å². The van der Waals surface area contributed by atoms with Crippen molar-refractivity contribution in [3.8, 4) is 0 Å². The summed E-state index contributed by atoms with van der Waals surface area (Å²) in [6.45, 7) is 0.578. The Morgan fingerprint density at radius 3 is 2.52 bits per heavy atom. The zero-order chi connectivity index (χ0) is 19.2. The molecule has 5 nitrogen and oxygen atoms in total. The number of nitrogens with zero attached hydrogens (tertiary/aromatic N) is 2. The fourth-order valence-electron chi connectivity index (χ4n) is 2.91. The molecular formula is C21H19ClN2O3. The third kappa shape index (κ3) is 4.38. The van der Waals surface area contributed by atoms with Crippen LogP contribution in [0.2, 0.25) is 5.02 Å². The monoisotopic (exact) mass is 382 g/mol. The predicted octanol–water partition coefficient (Wildman–Crippen LogP) is 4.40. The van der Waals surface area contributed by atoms with Gasteiger partial charge in [-0.2, -0.15) is 0 Å². The fraction of sp³-hybridized carbons (Fsp3) is 0.143. The van der Waals surface area contributed by atoms with Crippen LogP contribution in [-0.2, 0) is 17.7 Å². The van der Waals surface area contributed by atoms with E-state index in [-0.39, 0.29) is 0 Å². The maximum Gasteiger partial charge on any atom is 0.339 e. The number of carbonyl (C=O) groups is 1. The molecule has 138 valence electrons. The van der Waals surface area contributed by atoms with Gasteiger partial charge >= 0.3 is 5.97 Å². The number of hydrogen-bond acceptors (Lipinski definition) is 4. The molecule has 0 fully saturated rings. The zero-order valence-electron chi connectivity index (χ0n) is 14.8. The van der Waals surface area contributed by atoms with Crippen molar-refractivity contribution in [1.29, 1.82) is 0 Å². The molecule has 1 aromatic heterocycles. The number of methoxy groups -OCH3 is 1. The summed E-state index contributed by atoms with van der Waals surface area (Å²) in [6, 6.07) is 18.8. The van der Waals surface area contributed by atoms with Crippen LogP contribution in [0.3, 0.4) is 0 Å². The minimum atomic E-state index is -0.414. The number of esters is 1. The lowest BCUT2D eigenvalue weighted by molar-refractivity contribution is 0.0600. The van der Waals surface area contributed by atoms with Gasteiger partial charge in [-0.05, 0) is 17.7 Å². The number of rotatable bonds is 6. The largest absolute Gasteiger partial charge is 0.465 e. The molecule has 0 aliphatic carbocycles. The Balaban J connectivity index is 1.96. The minimum absolute atomic E-state index is 0.310. The number of oxime groups is 1. The molecule has 3 rings (SSSR count). The van der Waals surface area contributed by atoms with Crippen LogP contribution in [0.25, 0.3) is 0 Å². The van der Waals surface area contributed by atoms with Crippen LogP contribution >= 0.6 is 11.6 Å². The number of hydrogen-bond donors (Lipinski definition) is 1. The summed E-state index contributed by atoms with van der Waals surface area (Å²) in [5.74, 6) is -0.414. The summed E-state index contributed by atoms with van der Waals surface area (Å²) in [7, 11) is 1.35. The van der Waals surface area contributed by atoms with Crippen molar-refractivity contribution in [1.82, 2.24) is 4.57 Å². The first kappa shape index (κ1) is 18.7. The lowest BCUT2D eigenvalue weighted by atomic mass is 10.1. The number of halogens is 1. The van der Waals surface area contributed by atoms with Crippen molar-refractivity contribution in [2.75, 3.05) is 7.11 Å². The number of benzene rings is 2. The van der Waals surface area contributed by atoms with Crippen LogP contribution in [-0.4, -0.2) is 28.6 Å². The van der Waals surface area contributed by atoms with Gasteiger partial charge in [-0.15, -0.1) is 0 Å². The zero-order valence-corrected chi connectivity index (χ0v) is 15.6. The molecule has 0 saturated carbocycles. The number of carbonyl (C=O) groups excluding carboxylic acids is 1. The Hall–Kier alpha value is -3.05. The highest BCUT2D eigenvalue weighted by molar-refractivity contribution is 6.34. The maximum absolute atomic E-state index is 12.0. The topological polar surface area (TPSA) is 63.8 Å². The number of aromatic nitrogens is 1. The van der Waals surface area contributed by atoms with Gasteiger partial charge in [0.1, 0.15) is 0 Å². The molecule has 3 aromatic rings. The molecule has 1 heterocycles. The Labute approximate surface area is 162 Å². The molecule has 0 amide bonds. The Morgan fingerprint density at radius 1 is 1.15 bits per heavy atom. The molecular weight excluding hydrogens is 364 g/mol. The fourth-order valence-corrected chi connectivity index (χ4v) is 3.16. The van der Waals surface area contributed by atoms with Gasteiger partial charge in [0.2, 0.25) is 0 Å². The first-order chi connectivity index (χ1) is 13.1. The average molecular weight is 383 g/mol. The molecule has 0 spiro atoms. The van der Waals surface area contributed by atoms with Gasteiger partial charge in [-0.3, -0.25) is 0 Å². The molecule has 0 bridgehead atoms. The van der Waals surface area contributed by atoms with Crippen molar-refractivity contribution in [3.63, 3.8) is 0 Å². The second-order valence-electron chi connectivity index (χ2n) is 6.03. The highest BCUT2D eigenvalue weighted by Gasteiger charge is 2.17. The van der Waals surface area contributed by atoms with Gasteiger partial charge in [0.15, 0.2) is 0 Å². The van der Waals surface area contributed by atoms with E-state index in [9.17, 15) is 10.0 Å². The SMILES string of the molecule is COC(=O)c1cc(C/C(=N\O)c2ccccc2Cl)n(Cc2ccccc2)c1. The molecule has 2 aromatic carbocycles. The minimum Gasteiger partial charge on any atom is -0.465 e. The summed E-state index contributed by atoms with van der Waals surface area (Å²) in [6.07, 6.45) is 2.06. The van der Waals surface area contributed by atoms with Crippen molar-refractivity contribution in [2.45, 2.75) is 13.0 Å². The van der Waals surface area contributed by atoms with Crippen LogP contribution in [0, 0.1) is 0 Å². The highest BCUT2D eigenvalue weighted by Crippen LogP contribution is 2.20. The van der Waals surface area contributed by atoms with Crippen molar-refractivity contribution in [3.05, 3.63) is 94.3 Å². The first-order valence-corrected chi connectivity index (χ1v) is 8.77. The Morgan fingerprint density at radius 2 is 1.85 bits per heavy atom. The van der Waals surface area contributed by atoms with E-state index in [2.05, 4.69) is 5.16 Å². The van der Waals surface area contributed by atoms with Crippen LogP contribution in [0.4, 0.5) is 0 Å². The lowest BCUT2D eigenvalue weighted by Crippen LogP contribution is -2.11. The van der Waals surface area contributed by atoms with E-state index >= 15 is 0 Å². The van der Waals surface area contributed by atoms with Gasteiger partial charge in [-0.1, -0.05) is 65.3 Å². The van der Waals surface area contributed by atoms with E-state index in [0.29, 0.717) is 34.8 Å². The van der Waals surface area contributed by atoms with E-state index in [0.717, 1.165) is 11.3 Å². The highest BCUT2D eigenvalue weighted by atomic mass is 35.5. The van der Waals surface area contributed by atoms with Crippen molar-refractivity contribution < 1.29 is 14.7 Å². The summed E-state index contributed by atoms with van der Waals surface area (Å²) in [5.41, 5.74) is 3.41. The third-order valence-corrected chi connectivity index (χ3v) is 4.59. The maximum atomic E-state index is 12.0. The molecule has 0 saturated heterocycles. The molecule has 0 atom stereocenters. The lowest BCUT2D eigenvalue weighted by Gasteiger charge is -2.11. The van der Waals surface area contributed by atoms with Gasteiger partial charge in [0, 0.05) is 35.4 Å². The second-order valence-corrected chi connectivity index (χ2v) is 6.44. The van der Waals surface area contributed by atoms with Gasteiger partial charge < -0.3 is 14.5 Å². The first-order valence-electron chi connectivity index (χ1n) is 8.39. The summed E-state index contributed by atoms with van der Waals surface area (Å²) >= 11 is 6.24. The Kier molecular flexibility index (Phi) is 5.94. The van der Waals surface area contributed by atoms with Gasteiger partial charge in [-0.25, -0.2) is 4.79 Å². The molecule has 1 N–H and O–H groups in total. The standard InChI is InChI=1S/C21H19ClN2O3/c1-27-21(25)16-11-17(24(14-16)13-15-7-3-2-4-8-15)12-20(23-26)18-9-5-6-10-19(18)22/h2-11,14,26H,12-13H2,1H3/b23-20+. The second kappa shape index (κ2) is 8.56. The van der Waals surface area contributed by atoms with Crippen LogP contribution in [0.5, 0.6) is 0 Å². The normalized spacial score (nSPS) is 11.4. The third-order valence-electron chi connectivity index (χ3n) is 4.26. The van der Waals surface area contributed by atoms with Crippen LogP contribution in [0.1, 0.15) is 27.2 Å². The van der Waals surface area contributed by atoms with Crippen molar-refractivity contribution >= 4 is 23.3 Å². The molecule has 0 unspecified atom stereocenters. The van der Waals surface area contributed by atoms with Crippen molar-refractivity contribution in [2.24, 2.45) is 5.16 Å². The summed E-state index contributed by atoms with van der Waals surface area (Å²) in [4.78, 5) is 12.0. The van der Waals surface area contributed by atoms with E-state index in [1.54, 1.807) is 24.4 Å². The molecule has 27 heavy (non-hydrogen) atoms. The van der Waals surface area contributed by atoms with E-state index in [4.69, 9.17) is 16.3 Å². The average Bonchev–Trinajstić information content (AvgIpc) is 3.09. The molecule has 6 heteroatoms. The van der Waals surface area contributed by atoms with E-state index in [1.807, 2.05) is 47.0 Å². The molecule has 0 aliphatic rings. The summed E-state index contributed by atoms with van der Waals surface area (Å²) < 4.78 is 6.78. The van der Waals surface area contributed by atoms with Gasteiger partial charge in [0.05, 0.1) is 18.4 Å². The predicted molar refractivity (Wildman–Crippen MR) is 105 cm³/mol. The van der Waals surface area contributed by atoms with E-state index in [1.165, 1.54) is 7.11 Å². The van der Waals surface area contributed by atoms with Crippen LogP contribution in [0.15, 0.2) is 72.0 Å². The van der Waals surface area contributed by atoms with Gasteiger partial charge in [0.25, 0.3) is 0 Å². The Bertz CT molecular complexity index is 965. The molecule has 0 radical (unpaired) electrons. The van der Waals surface area contributed by atoms with E-state index < -0.39 is 5.97 Å².